The topological polar surface area (TPSA) is 3.24 Å². The van der Waals surface area contributed by atoms with Gasteiger partial charge >= 0.3 is 0 Å². The van der Waals surface area contributed by atoms with E-state index in [-0.39, 0.29) is 5.41 Å². The molecule has 0 radical (unpaired) electrons. The van der Waals surface area contributed by atoms with Crippen molar-refractivity contribution in [3.63, 3.8) is 0 Å². The van der Waals surface area contributed by atoms with E-state index in [2.05, 4.69) is 195 Å². The van der Waals surface area contributed by atoms with Crippen molar-refractivity contribution in [2.75, 3.05) is 4.90 Å². The van der Waals surface area contributed by atoms with Gasteiger partial charge in [-0.15, -0.1) is 11.3 Å². The standard InChI is InChI=1S/C49H35NS/c1-49(2)42-23-8-5-21-41(42)48-40(22-13-24-43(48)49)37-19-6-9-25-45(37)50(44-26-12-15-32-14-3-4-18-36(32)44)35-17-11-16-33(30-35)34-28-29-39-38-20-7-10-27-46(38)51-47(39)31-34/h3-31H,1-2H3. The van der Waals surface area contributed by atoms with Crippen molar-refractivity contribution in [1.29, 1.82) is 0 Å². The first-order valence-electron chi connectivity index (χ1n) is 17.7. The molecule has 1 nitrogen and oxygen atoms in total. The molecule has 1 heterocycles. The van der Waals surface area contributed by atoms with Crippen LogP contribution >= 0.6 is 11.3 Å². The fraction of sp³-hybridized carbons (Fsp3) is 0.0612. The van der Waals surface area contributed by atoms with Gasteiger partial charge in [0.15, 0.2) is 0 Å². The SMILES string of the molecule is CC1(C)c2ccccc2-c2c(-c3ccccc3N(c3cccc(-c4ccc5c(c4)sc4ccccc45)c3)c3cccc4ccccc34)cccc21. The number of para-hydroxylation sites is 1. The third kappa shape index (κ3) is 4.67. The number of fused-ring (bicyclic) bond motifs is 7. The highest BCUT2D eigenvalue weighted by molar-refractivity contribution is 7.25. The van der Waals surface area contributed by atoms with Crippen molar-refractivity contribution in [2.24, 2.45) is 0 Å². The molecule has 0 spiro atoms. The second-order valence-corrected chi connectivity index (χ2v) is 15.2. The van der Waals surface area contributed by atoms with Gasteiger partial charge < -0.3 is 4.90 Å². The second-order valence-electron chi connectivity index (χ2n) is 14.1. The number of rotatable bonds is 5. The summed E-state index contributed by atoms with van der Waals surface area (Å²) in [6.07, 6.45) is 0. The molecule has 0 atom stereocenters. The van der Waals surface area contributed by atoms with E-state index in [0.717, 1.165) is 17.1 Å². The van der Waals surface area contributed by atoms with E-state index in [9.17, 15) is 0 Å². The van der Waals surface area contributed by atoms with E-state index < -0.39 is 0 Å². The molecule has 8 aromatic carbocycles. The molecule has 0 saturated heterocycles. The van der Waals surface area contributed by atoms with Crippen molar-refractivity contribution in [3.05, 3.63) is 187 Å². The Kier molecular flexibility index (Phi) is 6.78. The predicted molar refractivity (Wildman–Crippen MR) is 220 cm³/mol. The van der Waals surface area contributed by atoms with Crippen LogP contribution in [0.3, 0.4) is 0 Å². The first-order chi connectivity index (χ1) is 25.1. The van der Waals surface area contributed by atoms with Gasteiger partial charge in [-0.05, 0) is 80.7 Å². The third-order valence-corrected chi connectivity index (χ3v) is 12.0. The van der Waals surface area contributed by atoms with Crippen molar-refractivity contribution in [2.45, 2.75) is 19.3 Å². The minimum atomic E-state index is -0.0734. The summed E-state index contributed by atoms with van der Waals surface area (Å²) in [5.41, 5.74) is 13.7. The van der Waals surface area contributed by atoms with Gasteiger partial charge in [0.25, 0.3) is 0 Å². The molecule has 0 saturated carbocycles. The fourth-order valence-electron chi connectivity index (χ4n) is 8.42. The molecule has 0 fully saturated rings. The van der Waals surface area contributed by atoms with Crippen LogP contribution in [-0.4, -0.2) is 0 Å². The highest BCUT2D eigenvalue weighted by Crippen LogP contribution is 2.54. The van der Waals surface area contributed by atoms with E-state index in [1.54, 1.807) is 0 Å². The highest BCUT2D eigenvalue weighted by atomic mass is 32.1. The molecule has 10 rings (SSSR count). The molecule has 0 aliphatic heterocycles. The quantitative estimate of drug-likeness (QED) is 0.176. The molecular weight excluding hydrogens is 635 g/mol. The number of benzene rings is 8. The van der Waals surface area contributed by atoms with E-state index in [0.29, 0.717) is 0 Å². The molecule has 2 heteroatoms. The molecule has 9 aromatic rings. The lowest BCUT2D eigenvalue weighted by Crippen LogP contribution is -2.15. The van der Waals surface area contributed by atoms with Crippen LogP contribution in [0.25, 0.3) is 64.3 Å². The minimum absolute atomic E-state index is 0.0734. The summed E-state index contributed by atoms with van der Waals surface area (Å²) in [4.78, 5) is 2.48. The van der Waals surface area contributed by atoms with Crippen LogP contribution in [-0.2, 0) is 5.41 Å². The van der Waals surface area contributed by atoms with E-state index in [4.69, 9.17) is 0 Å². The molecule has 0 amide bonds. The van der Waals surface area contributed by atoms with Gasteiger partial charge in [0.1, 0.15) is 0 Å². The molecule has 0 unspecified atom stereocenters. The molecular formula is C49H35NS. The van der Waals surface area contributed by atoms with Crippen LogP contribution < -0.4 is 4.90 Å². The monoisotopic (exact) mass is 669 g/mol. The zero-order chi connectivity index (χ0) is 34.1. The molecule has 1 aromatic heterocycles. The van der Waals surface area contributed by atoms with Gasteiger partial charge in [0, 0.05) is 42.2 Å². The Bertz CT molecular complexity index is 2800. The normalized spacial score (nSPS) is 13.1. The van der Waals surface area contributed by atoms with Gasteiger partial charge in [-0.25, -0.2) is 0 Å². The Morgan fingerprint density at radius 1 is 0.431 bits per heavy atom. The number of nitrogens with zero attached hydrogens (tertiary/aromatic N) is 1. The fourth-order valence-corrected chi connectivity index (χ4v) is 9.56. The Morgan fingerprint density at radius 3 is 1.98 bits per heavy atom. The highest BCUT2D eigenvalue weighted by Gasteiger charge is 2.37. The van der Waals surface area contributed by atoms with Crippen LogP contribution in [0.1, 0.15) is 25.0 Å². The molecule has 0 bridgehead atoms. The summed E-state index contributed by atoms with van der Waals surface area (Å²) in [6, 6.07) is 64.9. The van der Waals surface area contributed by atoms with Crippen molar-refractivity contribution in [3.8, 4) is 33.4 Å². The number of anilines is 3. The molecule has 0 N–H and O–H groups in total. The average Bonchev–Trinajstić information content (AvgIpc) is 3.67. The van der Waals surface area contributed by atoms with E-state index in [1.807, 2.05) is 11.3 Å². The zero-order valence-electron chi connectivity index (χ0n) is 28.6. The minimum Gasteiger partial charge on any atom is -0.309 e. The van der Waals surface area contributed by atoms with Crippen LogP contribution in [0.5, 0.6) is 0 Å². The molecule has 242 valence electrons. The molecule has 1 aliphatic carbocycles. The number of hydrogen-bond acceptors (Lipinski definition) is 2. The summed E-state index contributed by atoms with van der Waals surface area (Å²) >= 11 is 1.87. The zero-order valence-corrected chi connectivity index (χ0v) is 29.4. The second kappa shape index (κ2) is 11.6. The maximum absolute atomic E-state index is 2.48. The van der Waals surface area contributed by atoms with Gasteiger partial charge in [0.2, 0.25) is 0 Å². The molecule has 1 aliphatic rings. The lowest BCUT2D eigenvalue weighted by Gasteiger charge is -2.30. The summed E-state index contributed by atoms with van der Waals surface area (Å²) in [5.74, 6) is 0. The first kappa shape index (κ1) is 29.9. The largest absolute Gasteiger partial charge is 0.309 e. The maximum Gasteiger partial charge on any atom is 0.0540 e. The van der Waals surface area contributed by atoms with Crippen LogP contribution in [0.2, 0.25) is 0 Å². The lowest BCUT2D eigenvalue weighted by atomic mass is 9.82. The van der Waals surface area contributed by atoms with Crippen molar-refractivity contribution in [1.82, 2.24) is 0 Å². The van der Waals surface area contributed by atoms with Gasteiger partial charge in [-0.2, -0.15) is 0 Å². The van der Waals surface area contributed by atoms with Gasteiger partial charge in [0.05, 0.1) is 11.4 Å². The van der Waals surface area contributed by atoms with Crippen LogP contribution in [0.4, 0.5) is 17.1 Å². The Hall–Kier alpha value is -5.96. The summed E-state index contributed by atoms with van der Waals surface area (Å²) < 4.78 is 2.65. The van der Waals surface area contributed by atoms with Gasteiger partial charge in [-0.3, -0.25) is 0 Å². The average molecular weight is 670 g/mol. The van der Waals surface area contributed by atoms with E-state index in [1.165, 1.54) is 75.5 Å². The third-order valence-electron chi connectivity index (χ3n) is 10.9. The van der Waals surface area contributed by atoms with Crippen molar-refractivity contribution < 1.29 is 0 Å². The number of hydrogen-bond donors (Lipinski definition) is 0. The summed E-state index contributed by atoms with van der Waals surface area (Å²) in [7, 11) is 0. The number of thiophene rings is 1. The summed E-state index contributed by atoms with van der Waals surface area (Å²) in [6.45, 7) is 4.72. The Labute approximate surface area is 302 Å². The Morgan fingerprint density at radius 2 is 1.06 bits per heavy atom. The molecule has 51 heavy (non-hydrogen) atoms. The predicted octanol–water partition coefficient (Wildman–Crippen LogP) is 14.3. The lowest BCUT2D eigenvalue weighted by molar-refractivity contribution is 0.660. The smallest absolute Gasteiger partial charge is 0.0540 e. The maximum atomic E-state index is 2.48. The Balaban J connectivity index is 1.20. The van der Waals surface area contributed by atoms with Crippen LogP contribution in [0.15, 0.2) is 176 Å². The summed E-state index contributed by atoms with van der Waals surface area (Å²) in [5, 5.41) is 5.09. The first-order valence-corrected chi connectivity index (χ1v) is 18.5. The van der Waals surface area contributed by atoms with E-state index >= 15 is 0 Å². The van der Waals surface area contributed by atoms with Crippen molar-refractivity contribution >= 4 is 59.3 Å². The van der Waals surface area contributed by atoms with Gasteiger partial charge in [-0.1, -0.05) is 153 Å². The van der Waals surface area contributed by atoms with Crippen LogP contribution in [0, 0.1) is 0 Å².